The molecule has 27 heavy (non-hydrogen) atoms. The van der Waals surface area contributed by atoms with Crippen LogP contribution in [0.25, 0.3) is 0 Å². The Morgan fingerprint density at radius 3 is 2.63 bits per heavy atom. The van der Waals surface area contributed by atoms with Crippen molar-refractivity contribution in [3.8, 4) is 0 Å². The largest absolute Gasteiger partial charge is 0.342 e. The van der Waals surface area contributed by atoms with Gasteiger partial charge in [0.15, 0.2) is 0 Å². The molecule has 0 radical (unpaired) electrons. The van der Waals surface area contributed by atoms with Crippen LogP contribution in [0.1, 0.15) is 24.0 Å². The average molecular weight is 369 g/mol. The topological polar surface area (TPSA) is 92.2 Å². The van der Waals surface area contributed by atoms with E-state index in [-0.39, 0.29) is 29.6 Å². The zero-order chi connectivity index (χ0) is 19.4. The summed E-state index contributed by atoms with van der Waals surface area (Å²) in [6.45, 7) is 0.964. The lowest BCUT2D eigenvalue weighted by atomic mass is 9.90. The summed E-state index contributed by atoms with van der Waals surface area (Å²) in [6.07, 6.45) is 3.12. The fraction of sp³-hybridized carbons (Fsp3) is 0.400. The molecule has 1 aliphatic rings. The highest BCUT2D eigenvalue weighted by molar-refractivity contribution is 5.85. The Morgan fingerprint density at radius 1 is 1.15 bits per heavy atom. The Kier molecular flexibility index (Phi) is 5.69. The van der Waals surface area contributed by atoms with E-state index in [1.807, 2.05) is 30.3 Å². The van der Waals surface area contributed by atoms with Crippen molar-refractivity contribution in [1.29, 1.82) is 0 Å². The smallest absolute Gasteiger partial charge is 0.328 e. The normalized spacial score (nSPS) is 16.9. The quantitative estimate of drug-likeness (QED) is 0.838. The van der Waals surface area contributed by atoms with E-state index in [1.165, 1.54) is 13.2 Å². The Bertz CT molecular complexity index is 946. The number of nitrogens with one attached hydrogen (secondary N) is 1. The Labute approximate surface area is 156 Å². The first-order valence-corrected chi connectivity index (χ1v) is 9.07. The minimum atomic E-state index is -0.513. The molecule has 2 aromatic rings. The lowest BCUT2D eigenvalue weighted by Crippen LogP contribution is -2.44. The highest BCUT2D eigenvalue weighted by Crippen LogP contribution is 2.20. The molecule has 3 rings (SSSR count). The summed E-state index contributed by atoms with van der Waals surface area (Å²) in [5.41, 5.74) is 0.240. The van der Waals surface area contributed by atoms with Crippen molar-refractivity contribution < 1.29 is 9.59 Å². The summed E-state index contributed by atoms with van der Waals surface area (Å²) in [5, 5.41) is 0. The molecule has 1 N–H and O–H groups in total. The van der Waals surface area contributed by atoms with E-state index in [0.717, 1.165) is 23.0 Å². The zero-order valence-electron chi connectivity index (χ0n) is 15.3. The minimum Gasteiger partial charge on any atom is -0.342 e. The molecule has 1 aromatic carbocycles. The van der Waals surface area contributed by atoms with Gasteiger partial charge in [0, 0.05) is 44.2 Å². The third kappa shape index (κ3) is 4.42. The van der Waals surface area contributed by atoms with E-state index >= 15 is 0 Å². The number of carbonyl (C=O) groups is 2. The Morgan fingerprint density at radius 2 is 1.89 bits per heavy atom. The predicted octanol–water partition coefficient (Wildman–Crippen LogP) is 0.666. The van der Waals surface area contributed by atoms with Crippen LogP contribution in [0.2, 0.25) is 0 Å². The molecule has 1 atom stereocenters. The van der Waals surface area contributed by atoms with Crippen LogP contribution >= 0.6 is 0 Å². The van der Waals surface area contributed by atoms with Crippen LogP contribution < -0.4 is 11.2 Å². The number of likely N-dealkylation sites (tertiary alicyclic amines) is 1. The molecule has 1 fully saturated rings. The summed E-state index contributed by atoms with van der Waals surface area (Å²) in [6, 6.07) is 9.58. The van der Waals surface area contributed by atoms with Crippen LogP contribution in [0.3, 0.4) is 0 Å². The first kappa shape index (κ1) is 18.8. The third-order valence-electron chi connectivity index (χ3n) is 5.05. The van der Waals surface area contributed by atoms with Gasteiger partial charge in [-0.1, -0.05) is 30.3 Å². The number of piperidine rings is 1. The lowest BCUT2D eigenvalue weighted by molar-refractivity contribution is -0.134. The van der Waals surface area contributed by atoms with Crippen molar-refractivity contribution in [1.82, 2.24) is 14.5 Å². The van der Waals surface area contributed by atoms with Crippen LogP contribution in [-0.2, 0) is 29.5 Å². The van der Waals surface area contributed by atoms with Gasteiger partial charge in [-0.2, -0.15) is 0 Å². The third-order valence-corrected chi connectivity index (χ3v) is 5.05. The molecule has 1 amide bonds. The Hall–Kier alpha value is -2.96. The van der Waals surface area contributed by atoms with Gasteiger partial charge < -0.3 is 9.88 Å². The number of carbonyl (C=O) groups excluding carboxylic acids is 2. The van der Waals surface area contributed by atoms with Crippen molar-refractivity contribution in [2.24, 2.45) is 13.0 Å². The SMILES string of the molecule is Cn1c(=O)[nH]cc(CC(=O)N2CCC[C@H](C(=O)Cc3ccccc3)C2)c1=O. The van der Waals surface area contributed by atoms with Gasteiger partial charge in [0.2, 0.25) is 5.91 Å². The van der Waals surface area contributed by atoms with Gasteiger partial charge in [-0.25, -0.2) is 4.79 Å². The number of hydrogen-bond acceptors (Lipinski definition) is 4. The number of aromatic amines is 1. The van der Waals surface area contributed by atoms with Crippen LogP contribution in [0.5, 0.6) is 0 Å². The molecule has 0 aliphatic carbocycles. The maximum absolute atomic E-state index is 12.6. The zero-order valence-corrected chi connectivity index (χ0v) is 15.3. The second-order valence-corrected chi connectivity index (χ2v) is 6.97. The number of H-pyrrole nitrogens is 1. The molecule has 1 saturated heterocycles. The van der Waals surface area contributed by atoms with Gasteiger partial charge in [-0.3, -0.25) is 19.0 Å². The van der Waals surface area contributed by atoms with Crippen molar-refractivity contribution in [3.63, 3.8) is 0 Å². The molecule has 0 unspecified atom stereocenters. The van der Waals surface area contributed by atoms with Gasteiger partial charge in [-0.15, -0.1) is 0 Å². The Balaban J connectivity index is 1.64. The highest BCUT2D eigenvalue weighted by atomic mass is 16.2. The average Bonchev–Trinajstić information content (AvgIpc) is 2.69. The number of rotatable bonds is 5. The summed E-state index contributed by atoms with van der Waals surface area (Å²) in [4.78, 5) is 52.8. The molecule has 0 spiro atoms. The first-order valence-electron chi connectivity index (χ1n) is 9.07. The fourth-order valence-electron chi connectivity index (χ4n) is 3.42. The summed E-state index contributed by atoms with van der Waals surface area (Å²) in [7, 11) is 1.37. The van der Waals surface area contributed by atoms with Crippen molar-refractivity contribution in [2.45, 2.75) is 25.7 Å². The molecule has 7 nitrogen and oxygen atoms in total. The number of nitrogens with zero attached hydrogens (tertiary/aromatic N) is 2. The van der Waals surface area contributed by atoms with Crippen molar-refractivity contribution in [2.75, 3.05) is 13.1 Å². The van der Waals surface area contributed by atoms with Gasteiger partial charge in [0.05, 0.1) is 6.42 Å². The van der Waals surface area contributed by atoms with E-state index in [9.17, 15) is 19.2 Å². The van der Waals surface area contributed by atoms with E-state index in [0.29, 0.717) is 19.5 Å². The van der Waals surface area contributed by atoms with Crippen molar-refractivity contribution >= 4 is 11.7 Å². The monoisotopic (exact) mass is 369 g/mol. The number of amides is 1. The van der Waals surface area contributed by atoms with Gasteiger partial charge in [0.1, 0.15) is 5.78 Å². The van der Waals surface area contributed by atoms with Crippen LogP contribution in [-0.4, -0.2) is 39.2 Å². The fourth-order valence-corrected chi connectivity index (χ4v) is 3.42. The van der Waals surface area contributed by atoms with Gasteiger partial charge in [-0.05, 0) is 18.4 Å². The second kappa shape index (κ2) is 8.16. The van der Waals surface area contributed by atoms with Crippen LogP contribution in [0, 0.1) is 5.92 Å². The first-order chi connectivity index (χ1) is 13.0. The van der Waals surface area contributed by atoms with Crippen molar-refractivity contribution in [3.05, 3.63) is 68.5 Å². The molecular weight excluding hydrogens is 346 g/mol. The maximum atomic E-state index is 12.6. The number of Topliss-reactive ketones (excluding diaryl/α,β-unsaturated/α-hetero) is 1. The maximum Gasteiger partial charge on any atom is 0.328 e. The summed E-state index contributed by atoms with van der Waals surface area (Å²) >= 11 is 0. The molecule has 7 heteroatoms. The summed E-state index contributed by atoms with van der Waals surface area (Å²) in [5.74, 6) is -0.240. The number of hydrogen-bond donors (Lipinski definition) is 1. The van der Waals surface area contributed by atoms with E-state index in [1.54, 1.807) is 4.90 Å². The molecule has 1 aromatic heterocycles. The molecule has 2 heterocycles. The summed E-state index contributed by atoms with van der Waals surface area (Å²) < 4.78 is 0.949. The molecule has 0 saturated carbocycles. The molecule has 142 valence electrons. The van der Waals surface area contributed by atoms with E-state index in [2.05, 4.69) is 4.98 Å². The van der Waals surface area contributed by atoms with E-state index in [4.69, 9.17) is 0 Å². The standard InChI is InChI=1S/C20H23N3O4/c1-22-19(26)16(12-21-20(22)27)11-18(25)23-9-5-8-15(13-23)17(24)10-14-6-3-2-4-7-14/h2-4,6-7,12,15H,5,8-11,13H2,1H3,(H,21,27)/t15-/m0/s1. The molecule has 0 bridgehead atoms. The minimum absolute atomic E-state index is 0.0803. The second-order valence-electron chi connectivity index (χ2n) is 6.97. The number of ketones is 1. The molecule has 1 aliphatic heterocycles. The van der Waals surface area contributed by atoms with Crippen LogP contribution in [0.15, 0.2) is 46.1 Å². The van der Waals surface area contributed by atoms with Gasteiger partial charge >= 0.3 is 5.69 Å². The highest BCUT2D eigenvalue weighted by Gasteiger charge is 2.28. The number of aromatic nitrogens is 2. The lowest BCUT2D eigenvalue weighted by Gasteiger charge is -2.32. The van der Waals surface area contributed by atoms with Gasteiger partial charge in [0.25, 0.3) is 5.56 Å². The predicted molar refractivity (Wildman–Crippen MR) is 100 cm³/mol. The van der Waals surface area contributed by atoms with E-state index < -0.39 is 11.2 Å². The molecular formula is C20H23N3O4. The number of benzene rings is 1. The van der Waals surface area contributed by atoms with Crippen LogP contribution in [0.4, 0.5) is 0 Å².